The smallest absolute Gasteiger partial charge is 0.156 e. The van der Waals surface area contributed by atoms with Crippen molar-refractivity contribution in [1.29, 1.82) is 0 Å². The molecule has 0 saturated heterocycles. The van der Waals surface area contributed by atoms with Gasteiger partial charge >= 0.3 is 0 Å². The maximum absolute atomic E-state index is 4.02. The summed E-state index contributed by atoms with van der Waals surface area (Å²) in [6, 6.07) is 7.90. The van der Waals surface area contributed by atoms with Crippen molar-refractivity contribution in [2.45, 2.75) is 0 Å². The van der Waals surface area contributed by atoms with Gasteiger partial charge in [0, 0.05) is 10.0 Å². The Morgan fingerprint density at radius 3 is 2.62 bits per heavy atom. The van der Waals surface area contributed by atoms with Crippen LogP contribution in [0.25, 0.3) is 11.3 Å². The first-order chi connectivity index (χ1) is 6.27. The predicted molar refractivity (Wildman–Crippen MR) is 57.2 cm³/mol. The van der Waals surface area contributed by atoms with Gasteiger partial charge in [0.25, 0.3) is 0 Å². The molecule has 1 N–H and O–H groups in total. The van der Waals surface area contributed by atoms with Crippen LogP contribution in [-0.4, -0.2) is 15.4 Å². The third-order valence-electron chi connectivity index (χ3n) is 1.60. The molecule has 5 heteroatoms. The van der Waals surface area contributed by atoms with Gasteiger partial charge in [-0.3, -0.25) is 0 Å². The molecular formula is C8H5Br2N3. The molecule has 0 aliphatic carbocycles. The summed E-state index contributed by atoms with van der Waals surface area (Å²) in [7, 11) is 0. The molecule has 66 valence electrons. The third-order valence-corrected chi connectivity index (χ3v) is 2.65. The summed E-state index contributed by atoms with van der Waals surface area (Å²) in [4.78, 5) is 0. The summed E-state index contributed by atoms with van der Waals surface area (Å²) >= 11 is 6.71. The van der Waals surface area contributed by atoms with E-state index in [1.165, 1.54) is 0 Å². The highest BCUT2D eigenvalue weighted by Gasteiger charge is 2.06. The Morgan fingerprint density at radius 2 is 2.00 bits per heavy atom. The molecule has 1 aromatic carbocycles. The van der Waals surface area contributed by atoms with Gasteiger partial charge in [0.2, 0.25) is 0 Å². The van der Waals surface area contributed by atoms with Gasteiger partial charge in [0.15, 0.2) is 4.60 Å². The van der Waals surface area contributed by atoms with Crippen molar-refractivity contribution in [3.63, 3.8) is 0 Å². The third kappa shape index (κ3) is 1.81. The van der Waals surface area contributed by atoms with Crippen LogP contribution in [0.2, 0.25) is 0 Å². The number of halogens is 2. The van der Waals surface area contributed by atoms with Crippen LogP contribution in [0.5, 0.6) is 0 Å². The Morgan fingerprint density at radius 1 is 1.15 bits per heavy atom. The molecule has 0 aliphatic rings. The maximum Gasteiger partial charge on any atom is 0.156 e. The lowest BCUT2D eigenvalue weighted by molar-refractivity contribution is 0.935. The Labute approximate surface area is 91.8 Å². The summed E-state index contributed by atoms with van der Waals surface area (Å²) < 4.78 is 1.76. The summed E-state index contributed by atoms with van der Waals surface area (Å²) in [6.45, 7) is 0. The van der Waals surface area contributed by atoms with Crippen molar-refractivity contribution in [2.75, 3.05) is 0 Å². The SMILES string of the molecule is Brc1cccc(-c2n[nH]nc2Br)c1. The molecule has 2 aromatic rings. The second kappa shape index (κ2) is 3.59. The van der Waals surface area contributed by atoms with Crippen LogP contribution in [0.1, 0.15) is 0 Å². The quantitative estimate of drug-likeness (QED) is 0.880. The van der Waals surface area contributed by atoms with E-state index in [1.54, 1.807) is 0 Å². The summed E-state index contributed by atoms with van der Waals surface area (Å²) in [5.74, 6) is 0. The summed E-state index contributed by atoms with van der Waals surface area (Å²) in [6.07, 6.45) is 0. The number of rotatable bonds is 1. The predicted octanol–water partition coefficient (Wildman–Crippen LogP) is 3.00. The molecule has 2 rings (SSSR count). The molecule has 0 bridgehead atoms. The van der Waals surface area contributed by atoms with Gasteiger partial charge in [-0.2, -0.15) is 10.3 Å². The highest BCUT2D eigenvalue weighted by atomic mass is 79.9. The van der Waals surface area contributed by atoms with Crippen LogP contribution in [0.3, 0.4) is 0 Å². The molecule has 0 fully saturated rings. The average molecular weight is 303 g/mol. The van der Waals surface area contributed by atoms with Gasteiger partial charge in [-0.05, 0) is 28.1 Å². The Kier molecular flexibility index (Phi) is 2.46. The lowest BCUT2D eigenvalue weighted by atomic mass is 10.2. The minimum Gasteiger partial charge on any atom is -0.196 e. The lowest BCUT2D eigenvalue weighted by Crippen LogP contribution is -1.78. The van der Waals surface area contributed by atoms with Crippen LogP contribution >= 0.6 is 31.9 Å². The highest BCUT2D eigenvalue weighted by Crippen LogP contribution is 2.25. The van der Waals surface area contributed by atoms with E-state index in [-0.39, 0.29) is 0 Å². The second-order valence-electron chi connectivity index (χ2n) is 2.47. The zero-order chi connectivity index (χ0) is 9.26. The van der Waals surface area contributed by atoms with Crippen LogP contribution in [0.15, 0.2) is 33.3 Å². The van der Waals surface area contributed by atoms with Gasteiger partial charge in [0.1, 0.15) is 5.69 Å². The van der Waals surface area contributed by atoms with E-state index in [0.717, 1.165) is 20.3 Å². The number of nitrogens with one attached hydrogen (secondary N) is 1. The Balaban J connectivity index is 2.53. The fraction of sp³-hybridized carbons (Fsp3) is 0. The number of hydrogen-bond acceptors (Lipinski definition) is 2. The molecule has 0 atom stereocenters. The molecular weight excluding hydrogens is 298 g/mol. The van der Waals surface area contributed by atoms with Crippen molar-refractivity contribution in [3.8, 4) is 11.3 Å². The zero-order valence-electron chi connectivity index (χ0n) is 6.46. The fourth-order valence-corrected chi connectivity index (χ4v) is 1.83. The van der Waals surface area contributed by atoms with Crippen LogP contribution in [0.4, 0.5) is 0 Å². The molecule has 0 spiro atoms. The van der Waals surface area contributed by atoms with Crippen LogP contribution in [-0.2, 0) is 0 Å². The molecule has 0 radical (unpaired) electrons. The van der Waals surface area contributed by atoms with Gasteiger partial charge < -0.3 is 0 Å². The van der Waals surface area contributed by atoms with Crippen LogP contribution in [0, 0.1) is 0 Å². The fourth-order valence-electron chi connectivity index (χ4n) is 1.04. The lowest BCUT2D eigenvalue weighted by Gasteiger charge is -1.96. The first-order valence-corrected chi connectivity index (χ1v) is 5.18. The summed E-state index contributed by atoms with van der Waals surface area (Å²) in [5, 5.41) is 10.5. The molecule has 1 heterocycles. The van der Waals surface area contributed by atoms with Crippen LogP contribution < -0.4 is 0 Å². The van der Waals surface area contributed by atoms with Gasteiger partial charge in [-0.25, -0.2) is 0 Å². The number of nitrogens with zero attached hydrogens (tertiary/aromatic N) is 2. The van der Waals surface area contributed by atoms with Crippen molar-refractivity contribution in [2.24, 2.45) is 0 Å². The van der Waals surface area contributed by atoms with E-state index in [4.69, 9.17) is 0 Å². The van der Waals surface area contributed by atoms with Crippen molar-refractivity contribution in [3.05, 3.63) is 33.3 Å². The standard InChI is InChI=1S/C8H5Br2N3/c9-6-3-1-2-5(4-6)7-8(10)12-13-11-7/h1-4H,(H,11,12,13). The van der Waals surface area contributed by atoms with Gasteiger partial charge in [0.05, 0.1) is 0 Å². The molecule has 0 unspecified atom stereocenters. The van der Waals surface area contributed by atoms with E-state index in [1.807, 2.05) is 24.3 Å². The average Bonchev–Trinajstić information content (AvgIpc) is 2.51. The molecule has 0 amide bonds. The molecule has 0 aliphatic heterocycles. The normalized spacial score (nSPS) is 10.3. The Bertz CT molecular complexity index is 425. The van der Waals surface area contributed by atoms with E-state index in [0.29, 0.717) is 0 Å². The maximum atomic E-state index is 4.02. The van der Waals surface area contributed by atoms with Gasteiger partial charge in [-0.1, -0.05) is 28.1 Å². The molecule has 0 saturated carbocycles. The first kappa shape index (κ1) is 8.90. The van der Waals surface area contributed by atoms with E-state index >= 15 is 0 Å². The number of hydrogen-bond donors (Lipinski definition) is 1. The molecule has 13 heavy (non-hydrogen) atoms. The van der Waals surface area contributed by atoms with Crippen molar-refractivity contribution < 1.29 is 0 Å². The van der Waals surface area contributed by atoms with Crippen molar-refractivity contribution >= 4 is 31.9 Å². The number of aromatic amines is 1. The van der Waals surface area contributed by atoms with Gasteiger partial charge in [-0.15, -0.1) is 5.10 Å². The topological polar surface area (TPSA) is 41.6 Å². The molecule has 3 nitrogen and oxygen atoms in total. The first-order valence-electron chi connectivity index (χ1n) is 3.59. The zero-order valence-corrected chi connectivity index (χ0v) is 9.63. The summed E-state index contributed by atoms with van der Waals surface area (Å²) in [5.41, 5.74) is 1.84. The minimum absolute atomic E-state index is 0.727. The largest absolute Gasteiger partial charge is 0.196 e. The highest BCUT2D eigenvalue weighted by molar-refractivity contribution is 9.10. The monoisotopic (exact) mass is 301 g/mol. The van der Waals surface area contributed by atoms with Crippen molar-refractivity contribution in [1.82, 2.24) is 15.4 Å². The molecule has 1 aromatic heterocycles. The van der Waals surface area contributed by atoms with E-state index in [2.05, 4.69) is 47.3 Å². The van der Waals surface area contributed by atoms with E-state index in [9.17, 15) is 0 Å². The van der Waals surface area contributed by atoms with E-state index < -0.39 is 0 Å². The number of aromatic nitrogens is 3. The minimum atomic E-state index is 0.727. The Hall–Kier alpha value is -0.680. The second-order valence-corrected chi connectivity index (χ2v) is 4.14. The number of benzene rings is 1. The number of H-pyrrole nitrogens is 1.